The van der Waals surface area contributed by atoms with Gasteiger partial charge in [0.25, 0.3) is 5.91 Å². The first-order chi connectivity index (χ1) is 8.99. The molecule has 19 heavy (non-hydrogen) atoms. The zero-order valence-corrected chi connectivity index (χ0v) is 12.4. The third-order valence-corrected chi connectivity index (χ3v) is 3.47. The molecule has 0 unspecified atom stereocenters. The number of rotatable bonds is 2. The predicted molar refractivity (Wildman–Crippen MR) is 79.9 cm³/mol. The van der Waals surface area contributed by atoms with Gasteiger partial charge >= 0.3 is 0 Å². The first-order valence-electron chi connectivity index (χ1n) is 5.54. The van der Waals surface area contributed by atoms with Gasteiger partial charge < -0.3 is 10.4 Å². The Balaban J connectivity index is 2.31. The molecule has 0 bridgehead atoms. The van der Waals surface area contributed by atoms with Crippen LogP contribution in [0, 0.1) is 6.92 Å². The Morgan fingerprint density at radius 1 is 1.32 bits per heavy atom. The molecular formula is C14H11BrClNO2. The van der Waals surface area contributed by atoms with Gasteiger partial charge in [-0.3, -0.25) is 4.79 Å². The number of benzene rings is 2. The molecule has 0 aliphatic rings. The van der Waals surface area contributed by atoms with Crippen molar-refractivity contribution in [3.05, 3.63) is 57.0 Å². The van der Waals surface area contributed by atoms with E-state index >= 15 is 0 Å². The van der Waals surface area contributed by atoms with E-state index in [4.69, 9.17) is 11.6 Å². The van der Waals surface area contributed by atoms with Crippen LogP contribution in [0.3, 0.4) is 0 Å². The Labute approximate surface area is 124 Å². The van der Waals surface area contributed by atoms with Crippen LogP contribution in [0.1, 0.15) is 15.9 Å². The molecule has 2 aromatic carbocycles. The molecule has 5 heteroatoms. The quantitative estimate of drug-likeness (QED) is 0.853. The number of phenolic OH excluding ortho intramolecular Hbond substituents is 1. The fraction of sp³-hybridized carbons (Fsp3) is 0.0714. The molecule has 0 saturated heterocycles. The van der Waals surface area contributed by atoms with Crippen molar-refractivity contribution in [2.24, 2.45) is 0 Å². The van der Waals surface area contributed by atoms with E-state index < -0.39 is 5.91 Å². The van der Waals surface area contributed by atoms with E-state index in [0.717, 1.165) is 5.56 Å². The Morgan fingerprint density at radius 3 is 2.68 bits per heavy atom. The molecule has 0 radical (unpaired) electrons. The summed E-state index contributed by atoms with van der Waals surface area (Å²) in [5.41, 5.74) is 1.61. The second kappa shape index (κ2) is 5.63. The molecule has 2 aromatic rings. The third kappa shape index (κ3) is 3.08. The molecule has 0 heterocycles. The largest absolute Gasteiger partial charge is 0.507 e. The molecule has 0 fully saturated rings. The fourth-order valence-corrected chi connectivity index (χ4v) is 2.29. The van der Waals surface area contributed by atoms with Crippen LogP contribution in [0.5, 0.6) is 5.75 Å². The van der Waals surface area contributed by atoms with Crippen LogP contribution in [0.25, 0.3) is 0 Å². The summed E-state index contributed by atoms with van der Waals surface area (Å²) in [5, 5.41) is 12.9. The van der Waals surface area contributed by atoms with E-state index in [1.807, 2.05) is 19.1 Å². The minimum Gasteiger partial charge on any atom is -0.507 e. The molecule has 98 valence electrons. The number of halogens is 2. The average molecular weight is 341 g/mol. The summed E-state index contributed by atoms with van der Waals surface area (Å²) in [6.45, 7) is 1.85. The molecule has 0 aliphatic heterocycles. The average Bonchev–Trinajstić information content (AvgIpc) is 2.33. The standard InChI is InChI=1S/C14H11BrClNO2/c1-8-3-2-4-11(16)13(8)17-14(19)10-6-5-9(15)7-12(10)18/h2-7,18H,1H3,(H,17,19). The Morgan fingerprint density at radius 2 is 2.05 bits per heavy atom. The van der Waals surface area contributed by atoms with Crippen LogP contribution in [0.15, 0.2) is 40.9 Å². The molecule has 0 aliphatic carbocycles. The minimum absolute atomic E-state index is 0.0865. The smallest absolute Gasteiger partial charge is 0.259 e. The van der Waals surface area contributed by atoms with Crippen molar-refractivity contribution < 1.29 is 9.90 Å². The molecule has 2 rings (SSSR count). The van der Waals surface area contributed by atoms with Gasteiger partial charge in [0, 0.05) is 4.47 Å². The molecule has 1 amide bonds. The van der Waals surface area contributed by atoms with E-state index in [-0.39, 0.29) is 11.3 Å². The van der Waals surface area contributed by atoms with Gasteiger partial charge in [-0.1, -0.05) is 39.7 Å². The molecule has 0 atom stereocenters. The maximum Gasteiger partial charge on any atom is 0.259 e. The van der Waals surface area contributed by atoms with Crippen LogP contribution in [-0.2, 0) is 0 Å². The van der Waals surface area contributed by atoms with Crippen molar-refractivity contribution in [3.8, 4) is 5.75 Å². The van der Waals surface area contributed by atoms with Crippen molar-refractivity contribution >= 4 is 39.1 Å². The fourth-order valence-electron chi connectivity index (χ4n) is 1.67. The van der Waals surface area contributed by atoms with Crippen LogP contribution in [0.4, 0.5) is 5.69 Å². The van der Waals surface area contributed by atoms with E-state index in [1.54, 1.807) is 18.2 Å². The van der Waals surface area contributed by atoms with Gasteiger partial charge in [0.2, 0.25) is 0 Å². The van der Waals surface area contributed by atoms with E-state index in [0.29, 0.717) is 15.2 Å². The minimum atomic E-state index is -0.402. The highest BCUT2D eigenvalue weighted by Gasteiger charge is 2.14. The van der Waals surface area contributed by atoms with Crippen molar-refractivity contribution in [2.45, 2.75) is 6.92 Å². The van der Waals surface area contributed by atoms with Crippen molar-refractivity contribution in [1.29, 1.82) is 0 Å². The first kappa shape index (κ1) is 13.9. The number of hydrogen-bond donors (Lipinski definition) is 2. The number of amides is 1. The van der Waals surface area contributed by atoms with Gasteiger partial charge in [0.1, 0.15) is 5.75 Å². The Hall–Kier alpha value is -1.52. The number of aromatic hydroxyl groups is 1. The maximum atomic E-state index is 12.1. The zero-order valence-electron chi connectivity index (χ0n) is 10.1. The van der Waals surface area contributed by atoms with Crippen molar-refractivity contribution in [2.75, 3.05) is 5.32 Å². The zero-order chi connectivity index (χ0) is 14.0. The van der Waals surface area contributed by atoms with Crippen LogP contribution < -0.4 is 5.32 Å². The number of phenols is 1. The highest BCUT2D eigenvalue weighted by molar-refractivity contribution is 9.10. The summed E-state index contributed by atoms with van der Waals surface area (Å²) < 4.78 is 0.704. The van der Waals surface area contributed by atoms with Gasteiger partial charge in [-0.15, -0.1) is 0 Å². The van der Waals surface area contributed by atoms with Crippen LogP contribution in [0.2, 0.25) is 5.02 Å². The molecule has 3 nitrogen and oxygen atoms in total. The lowest BCUT2D eigenvalue weighted by atomic mass is 10.1. The molecule has 0 saturated carbocycles. The number of hydrogen-bond acceptors (Lipinski definition) is 2. The molecular weight excluding hydrogens is 330 g/mol. The van der Waals surface area contributed by atoms with Gasteiger partial charge in [-0.25, -0.2) is 0 Å². The first-order valence-corrected chi connectivity index (χ1v) is 6.71. The van der Waals surface area contributed by atoms with Gasteiger partial charge in [0.15, 0.2) is 0 Å². The van der Waals surface area contributed by atoms with Gasteiger partial charge in [0.05, 0.1) is 16.3 Å². The Bertz CT molecular complexity index is 623. The Kier molecular flexibility index (Phi) is 4.12. The molecule has 2 N–H and O–H groups in total. The number of carbonyl (C=O) groups is 1. The summed E-state index contributed by atoms with van der Waals surface area (Å²) in [4.78, 5) is 12.1. The summed E-state index contributed by atoms with van der Waals surface area (Å²) in [6.07, 6.45) is 0. The topological polar surface area (TPSA) is 49.3 Å². The third-order valence-electron chi connectivity index (χ3n) is 2.66. The lowest BCUT2D eigenvalue weighted by Crippen LogP contribution is -2.13. The van der Waals surface area contributed by atoms with Crippen molar-refractivity contribution in [1.82, 2.24) is 0 Å². The second-order valence-electron chi connectivity index (χ2n) is 4.05. The second-order valence-corrected chi connectivity index (χ2v) is 5.37. The summed E-state index contributed by atoms with van der Waals surface area (Å²) in [5.74, 6) is -0.488. The van der Waals surface area contributed by atoms with E-state index in [2.05, 4.69) is 21.2 Å². The number of carbonyl (C=O) groups excluding carboxylic acids is 1. The lowest BCUT2D eigenvalue weighted by molar-refractivity contribution is 0.102. The summed E-state index contributed by atoms with van der Waals surface area (Å²) in [7, 11) is 0. The molecule has 0 spiro atoms. The highest BCUT2D eigenvalue weighted by Crippen LogP contribution is 2.28. The predicted octanol–water partition coefficient (Wildman–Crippen LogP) is 4.37. The highest BCUT2D eigenvalue weighted by atomic mass is 79.9. The molecule has 0 aromatic heterocycles. The summed E-state index contributed by atoms with van der Waals surface area (Å²) in [6, 6.07) is 10.1. The van der Waals surface area contributed by atoms with E-state index in [9.17, 15) is 9.90 Å². The van der Waals surface area contributed by atoms with E-state index in [1.165, 1.54) is 6.07 Å². The lowest BCUT2D eigenvalue weighted by Gasteiger charge is -2.11. The monoisotopic (exact) mass is 339 g/mol. The van der Waals surface area contributed by atoms with Gasteiger partial charge in [-0.05, 0) is 36.8 Å². The normalized spacial score (nSPS) is 10.3. The number of para-hydroxylation sites is 1. The number of nitrogens with one attached hydrogen (secondary N) is 1. The number of anilines is 1. The van der Waals surface area contributed by atoms with Gasteiger partial charge in [-0.2, -0.15) is 0 Å². The van der Waals surface area contributed by atoms with Crippen LogP contribution >= 0.6 is 27.5 Å². The summed E-state index contributed by atoms with van der Waals surface area (Å²) >= 11 is 9.26. The van der Waals surface area contributed by atoms with Crippen molar-refractivity contribution in [3.63, 3.8) is 0 Å². The maximum absolute atomic E-state index is 12.1. The number of aryl methyl sites for hydroxylation is 1. The van der Waals surface area contributed by atoms with Crippen LogP contribution in [-0.4, -0.2) is 11.0 Å². The SMILES string of the molecule is Cc1cccc(Cl)c1NC(=O)c1ccc(Br)cc1O.